The van der Waals surface area contributed by atoms with E-state index < -0.39 is 34.2 Å². The quantitative estimate of drug-likeness (QED) is 0.854. The summed E-state index contributed by atoms with van der Waals surface area (Å²) in [6.07, 6.45) is 0. The van der Waals surface area contributed by atoms with Gasteiger partial charge in [0.1, 0.15) is 5.75 Å². The smallest absolute Gasteiger partial charge is 0.316 e. The van der Waals surface area contributed by atoms with Gasteiger partial charge < -0.3 is 5.11 Å². The Kier molecular flexibility index (Phi) is 3.90. The topological polar surface area (TPSA) is 54.4 Å². The van der Waals surface area contributed by atoms with Crippen LogP contribution in [0.25, 0.3) is 0 Å². The van der Waals surface area contributed by atoms with Crippen LogP contribution in [0.1, 0.15) is 5.56 Å². The number of rotatable bonds is 4. The second-order valence-electron chi connectivity index (χ2n) is 2.87. The van der Waals surface area contributed by atoms with E-state index >= 15 is 0 Å². The van der Waals surface area contributed by atoms with Gasteiger partial charge in [0.05, 0.1) is 0 Å². The van der Waals surface area contributed by atoms with Crippen LogP contribution < -0.4 is 0 Å². The van der Waals surface area contributed by atoms with Crippen LogP contribution >= 0.6 is 0 Å². The van der Waals surface area contributed by atoms with E-state index in [1.807, 2.05) is 0 Å². The van der Waals surface area contributed by atoms with E-state index in [1.165, 1.54) is 6.07 Å². The van der Waals surface area contributed by atoms with Crippen molar-refractivity contribution in [2.45, 2.75) is 5.75 Å². The zero-order valence-corrected chi connectivity index (χ0v) is 8.39. The van der Waals surface area contributed by atoms with Crippen molar-refractivity contribution in [2.75, 3.05) is 5.75 Å². The zero-order valence-electron chi connectivity index (χ0n) is 7.57. The van der Waals surface area contributed by atoms with E-state index in [0.29, 0.717) is 5.56 Å². The molecule has 0 fully saturated rings. The van der Waals surface area contributed by atoms with Crippen LogP contribution in [0.5, 0.6) is 0 Å². The van der Waals surface area contributed by atoms with Gasteiger partial charge in [0.2, 0.25) is 0 Å². The predicted octanol–water partition coefficient (Wildman–Crippen LogP) is 1.30. The number of carbonyl (C=O) groups is 1. The van der Waals surface area contributed by atoms with E-state index in [-0.39, 0.29) is 5.75 Å². The SMILES string of the molecule is O=C(O)CS(=O)Cc1ccc(F)c(F)c1. The number of hydrogen-bond donors (Lipinski definition) is 1. The fourth-order valence-electron chi connectivity index (χ4n) is 1.00. The molecule has 1 aromatic rings. The van der Waals surface area contributed by atoms with Crippen molar-refractivity contribution in [2.24, 2.45) is 0 Å². The summed E-state index contributed by atoms with van der Waals surface area (Å²) in [4.78, 5) is 10.2. The summed E-state index contributed by atoms with van der Waals surface area (Å²) >= 11 is 0. The first-order valence-corrected chi connectivity index (χ1v) is 5.48. The minimum atomic E-state index is -1.60. The van der Waals surface area contributed by atoms with Crippen LogP contribution in [0.2, 0.25) is 0 Å². The largest absolute Gasteiger partial charge is 0.481 e. The van der Waals surface area contributed by atoms with E-state index in [2.05, 4.69) is 0 Å². The molecule has 1 aromatic carbocycles. The second kappa shape index (κ2) is 4.97. The molecule has 1 rings (SSSR count). The highest BCUT2D eigenvalue weighted by atomic mass is 32.2. The summed E-state index contributed by atoms with van der Waals surface area (Å²) in [5, 5.41) is 8.33. The lowest BCUT2D eigenvalue weighted by atomic mass is 10.2. The van der Waals surface area contributed by atoms with Gasteiger partial charge >= 0.3 is 5.97 Å². The molecular weight excluding hydrogens is 226 g/mol. The Balaban J connectivity index is 2.69. The highest BCUT2D eigenvalue weighted by molar-refractivity contribution is 7.84. The molecule has 0 radical (unpaired) electrons. The number of hydrogen-bond acceptors (Lipinski definition) is 2. The number of halogens is 2. The molecule has 15 heavy (non-hydrogen) atoms. The number of carboxylic acids is 1. The average Bonchev–Trinajstić information content (AvgIpc) is 2.10. The fourth-order valence-corrected chi connectivity index (χ4v) is 1.93. The third-order valence-corrected chi connectivity index (χ3v) is 2.82. The molecular formula is C9H8F2O3S. The summed E-state index contributed by atoms with van der Waals surface area (Å²) in [5.74, 6) is -3.79. The van der Waals surface area contributed by atoms with Crippen molar-refractivity contribution in [3.8, 4) is 0 Å². The van der Waals surface area contributed by atoms with Crippen molar-refractivity contribution >= 4 is 16.8 Å². The minimum Gasteiger partial charge on any atom is -0.481 e. The van der Waals surface area contributed by atoms with Crippen LogP contribution in [0.15, 0.2) is 18.2 Å². The molecule has 6 heteroatoms. The van der Waals surface area contributed by atoms with Gasteiger partial charge in [-0.05, 0) is 17.7 Å². The summed E-state index contributed by atoms with van der Waals surface area (Å²) in [6.45, 7) is 0. The molecule has 0 aromatic heterocycles. The Morgan fingerprint density at radius 2 is 2.00 bits per heavy atom. The fraction of sp³-hybridized carbons (Fsp3) is 0.222. The lowest BCUT2D eigenvalue weighted by molar-refractivity contribution is -0.133. The number of aliphatic carboxylic acids is 1. The first-order chi connectivity index (χ1) is 6.99. The Labute approximate surface area is 87.2 Å². The molecule has 1 atom stereocenters. The first-order valence-electron chi connectivity index (χ1n) is 3.99. The van der Waals surface area contributed by atoms with E-state index in [1.54, 1.807) is 0 Å². The van der Waals surface area contributed by atoms with Gasteiger partial charge in [-0.25, -0.2) is 8.78 Å². The highest BCUT2D eigenvalue weighted by Gasteiger charge is 2.09. The van der Waals surface area contributed by atoms with Gasteiger partial charge in [-0.1, -0.05) is 6.07 Å². The molecule has 1 N–H and O–H groups in total. The Morgan fingerprint density at radius 1 is 1.33 bits per heavy atom. The van der Waals surface area contributed by atoms with Gasteiger partial charge in [0.15, 0.2) is 11.6 Å². The standard InChI is InChI=1S/C9H8F2O3S/c10-7-2-1-6(3-8(7)11)4-15(14)5-9(12)13/h1-3H,4-5H2,(H,12,13). The Hall–Kier alpha value is -1.30. The molecule has 0 aliphatic rings. The zero-order chi connectivity index (χ0) is 11.4. The Bertz CT molecular complexity index is 406. The highest BCUT2D eigenvalue weighted by Crippen LogP contribution is 2.10. The molecule has 1 unspecified atom stereocenters. The maximum Gasteiger partial charge on any atom is 0.316 e. The van der Waals surface area contributed by atoms with Crippen molar-refractivity contribution < 1.29 is 22.9 Å². The normalized spacial score (nSPS) is 12.4. The van der Waals surface area contributed by atoms with Gasteiger partial charge in [-0.3, -0.25) is 9.00 Å². The molecule has 0 aliphatic heterocycles. The van der Waals surface area contributed by atoms with Crippen LogP contribution in [0, 0.1) is 11.6 Å². The number of carboxylic acid groups (broad SMARTS) is 1. The van der Waals surface area contributed by atoms with Gasteiger partial charge in [0.25, 0.3) is 0 Å². The third kappa shape index (κ3) is 3.75. The summed E-state index contributed by atoms with van der Waals surface area (Å²) in [6, 6.07) is 3.11. The number of benzene rings is 1. The van der Waals surface area contributed by atoms with Crippen LogP contribution in [-0.2, 0) is 21.3 Å². The summed E-state index contributed by atoms with van der Waals surface area (Å²) in [5.41, 5.74) is 0.313. The molecule has 0 spiro atoms. The molecule has 0 bridgehead atoms. The van der Waals surface area contributed by atoms with Crippen molar-refractivity contribution in [1.82, 2.24) is 0 Å². The van der Waals surface area contributed by atoms with Crippen molar-refractivity contribution in [1.29, 1.82) is 0 Å². The molecule has 0 saturated heterocycles. The van der Waals surface area contributed by atoms with E-state index in [0.717, 1.165) is 12.1 Å². The molecule has 0 amide bonds. The van der Waals surface area contributed by atoms with Gasteiger partial charge in [0, 0.05) is 16.6 Å². The molecule has 3 nitrogen and oxygen atoms in total. The molecule has 82 valence electrons. The predicted molar refractivity (Wildman–Crippen MR) is 50.7 cm³/mol. The monoisotopic (exact) mass is 234 g/mol. The second-order valence-corrected chi connectivity index (χ2v) is 4.33. The van der Waals surface area contributed by atoms with Gasteiger partial charge in [-0.2, -0.15) is 0 Å². The van der Waals surface area contributed by atoms with Crippen molar-refractivity contribution in [3.05, 3.63) is 35.4 Å². The lowest BCUT2D eigenvalue weighted by Gasteiger charge is -2.00. The van der Waals surface area contributed by atoms with Crippen LogP contribution in [0.4, 0.5) is 8.78 Å². The van der Waals surface area contributed by atoms with Gasteiger partial charge in [-0.15, -0.1) is 0 Å². The lowest BCUT2D eigenvalue weighted by Crippen LogP contribution is -2.10. The van der Waals surface area contributed by atoms with Crippen LogP contribution in [0.3, 0.4) is 0 Å². The third-order valence-electron chi connectivity index (χ3n) is 1.60. The minimum absolute atomic E-state index is 0.0938. The summed E-state index contributed by atoms with van der Waals surface area (Å²) < 4.78 is 36.3. The first kappa shape index (κ1) is 11.8. The maximum atomic E-state index is 12.7. The maximum absolute atomic E-state index is 12.7. The molecule has 0 heterocycles. The summed E-state index contributed by atoms with van der Waals surface area (Å²) in [7, 11) is -1.60. The van der Waals surface area contributed by atoms with E-state index in [4.69, 9.17) is 5.11 Å². The Morgan fingerprint density at radius 3 is 2.53 bits per heavy atom. The molecule has 0 aliphatic carbocycles. The van der Waals surface area contributed by atoms with Crippen molar-refractivity contribution in [3.63, 3.8) is 0 Å². The van der Waals surface area contributed by atoms with Crippen LogP contribution in [-0.4, -0.2) is 21.0 Å². The van der Waals surface area contributed by atoms with E-state index in [9.17, 15) is 17.8 Å². The molecule has 0 saturated carbocycles. The average molecular weight is 234 g/mol.